The molecule has 1 aliphatic heterocycles. The van der Waals surface area contributed by atoms with Crippen LogP contribution in [0.15, 0.2) is 149 Å². The smallest absolute Gasteiger partial charge is 0.181 e. The Morgan fingerprint density at radius 1 is 0.436 bits per heavy atom. The van der Waals surface area contributed by atoms with Gasteiger partial charge in [-0.3, -0.25) is 0 Å². The van der Waals surface area contributed by atoms with Gasteiger partial charge in [-0.1, -0.05) is 127 Å². The summed E-state index contributed by atoms with van der Waals surface area (Å²) in [7, 11) is -2.59. The van der Waals surface area contributed by atoms with E-state index in [1.54, 1.807) is 0 Å². The van der Waals surface area contributed by atoms with Crippen LogP contribution < -0.4 is 20.7 Å². The number of benzene rings is 6. The Balaban J connectivity index is 1.51. The summed E-state index contributed by atoms with van der Waals surface area (Å²) in [5.74, 6) is 0. The predicted molar refractivity (Wildman–Crippen MR) is 169 cm³/mol. The first kappa shape index (κ1) is 21.6. The van der Waals surface area contributed by atoms with E-state index >= 15 is 0 Å². The number of nitrogens with zero attached hydrogens (tertiary/aromatic N) is 1. The van der Waals surface area contributed by atoms with Crippen LogP contribution in [0.3, 0.4) is 0 Å². The fraction of sp³-hybridized carbons (Fsp3) is 0. The fourth-order valence-electron chi connectivity index (χ4n) is 7.13. The van der Waals surface area contributed by atoms with Crippen molar-refractivity contribution >= 4 is 78.7 Å². The van der Waals surface area contributed by atoms with Gasteiger partial charge in [0.15, 0.2) is 8.07 Å². The summed E-state index contributed by atoms with van der Waals surface area (Å²) < 4.78 is 2.52. The first-order chi connectivity index (χ1) is 19.4. The second-order valence-electron chi connectivity index (χ2n) is 10.5. The van der Waals surface area contributed by atoms with Gasteiger partial charge in [0, 0.05) is 31.3 Å². The monoisotopic (exact) mass is 529 g/mol. The van der Waals surface area contributed by atoms with Crippen molar-refractivity contribution in [2.75, 3.05) is 0 Å². The van der Waals surface area contributed by atoms with Crippen LogP contribution >= 0.6 is 11.8 Å². The highest BCUT2D eigenvalue weighted by molar-refractivity contribution is 8.00. The van der Waals surface area contributed by atoms with E-state index in [1.165, 1.54) is 68.6 Å². The highest BCUT2D eigenvalue weighted by atomic mass is 32.2. The minimum atomic E-state index is -2.59. The third-order valence-corrected chi connectivity index (χ3v) is 15.0. The molecule has 8 aromatic rings. The zero-order chi connectivity index (χ0) is 25.6. The van der Waals surface area contributed by atoms with Crippen LogP contribution in [-0.4, -0.2) is 12.5 Å². The van der Waals surface area contributed by atoms with Crippen molar-refractivity contribution in [1.82, 2.24) is 4.40 Å². The molecular weight excluding hydrogens is 507 g/mol. The van der Waals surface area contributed by atoms with E-state index in [9.17, 15) is 0 Å². The summed E-state index contributed by atoms with van der Waals surface area (Å²) in [6, 6.07) is 52.4. The van der Waals surface area contributed by atoms with Crippen molar-refractivity contribution < 1.29 is 0 Å². The van der Waals surface area contributed by atoms with Gasteiger partial charge in [-0.05, 0) is 45.0 Å². The maximum Gasteiger partial charge on any atom is 0.181 e. The summed E-state index contributed by atoms with van der Waals surface area (Å²) in [5.41, 5.74) is 3.93. The van der Waals surface area contributed by atoms with Crippen LogP contribution in [0.1, 0.15) is 0 Å². The Hall–Kier alpha value is -4.31. The summed E-state index contributed by atoms with van der Waals surface area (Å²) >= 11 is 1.94. The van der Waals surface area contributed by atoms with Crippen LogP contribution in [0.2, 0.25) is 0 Å². The zero-order valence-corrected chi connectivity index (χ0v) is 23.0. The third kappa shape index (κ3) is 2.71. The molecule has 2 aromatic heterocycles. The van der Waals surface area contributed by atoms with Gasteiger partial charge in [-0.25, -0.2) is 0 Å². The topological polar surface area (TPSA) is 4.41 Å². The van der Waals surface area contributed by atoms with Crippen molar-refractivity contribution in [3.63, 3.8) is 0 Å². The molecule has 3 heteroatoms. The average Bonchev–Trinajstić information content (AvgIpc) is 3.52. The van der Waals surface area contributed by atoms with Crippen molar-refractivity contribution in [3.05, 3.63) is 140 Å². The molecule has 0 radical (unpaired) electrons. The molecule has 0 saturated heterocycles. The molecule has 182 valence electrons. The van der Waals surface area contributed by atoms with E-state index in [1.807, 2.05) is 11.8 Å². The molecule has 0 fully saturated rings. The van der Waals surface area contributed by atoms with Gasteiger partial charge in [0.2, 0.25) is 0 Å². The average molecular weight is 530 g/mol. The molecule has 6 aromatic carbocycles. The molecule has 9 rings (SSSR count). The molecule has 39 heavy (non-hydrogen) atoms. The van der Waals surface area contributed by atoms with E-state index in [0.717, 1.165) is 0 Å². The molecule has 0 atom stereocenters. The van der Waals surface area contributed by atoms with E-state index < -0.39 is 8.07 Å². The maximum atomic E-state index is 2.56. The molecular formula is C36H23NSSi. The van der Waals surface area contributed by atoms with Crippen molar-refractivity contribution in [2.24, 2.45) is 0 Å². The minimum Gasteiger partial charge on any atom is -0.308 e. The number of hydrogen-bond acceptors (Lipinski definition) is 1. The fourth-order valence-corrected chi connectivity index (χ4v) is 14.1. The van der Waals surface area contributed by atoms with Gasteiger partial charge < -0.3 is 4.40 Å². The van der Waals surface area contributed by atoms with E-state index in [4.69, 9.17) is 0 Å². The predicted octanol–water partition coefficient (Wildman–Crippen LogP) is 6.68. The summed E-state index contributed by atoms with van der Waals surface area (Å²) in [6.45, 7) is 0. The van der Waals surface area contributed by atoms with Gasteiger partial charge in [0.25, 0.3) is 0 Å². The summed E-state index contributed by atoms with van der Waals surface area (Å²) in [5, 5.41) is 11.2. The second-order valence-corrected chi connectivity index (χ2v) is 15.3. The Morgan fingerprint density at radius 2 is 1.05 bits per heavy atom. The second kappa shape index (κ2) is 7.86. The highest BCUT2D eigenvalue weighted by Gasteiger charge is 2.47. The van der Waals surface area contributed by atoms with E-state index in [0.29, 0.717) is 0 Å². The van der Waals surface area contributed by atoms with E-state index in [-0.39, 0.29) is 0 Å². The lowest BCUT2D eigenvalue weighted by atomic mass is 10.1. The van der Waals surface area contributed by atoms with Gasteiger partial charge in [0.05, 0.1) is 16.6 Å². The Bertz CT molecular complexity index is 2160. The molecule has 1 aliphatic rings. The normalized spacial score (nSPS) is 14.3. The van der Waals surface area contributed by atoms with Gasteiger partial charge >= 0.3 is 0 Å². The maximum absolute atomic E-state index is 2.59. The molecule has 0 N–H and O–H groups in total. The van der Waals surface area contributed by atoms with Gasteiger partial charge in [-0.15, -0.1) is 0 Å². The van der Waals surface area contributed by atoms with Crippen LogP contribution in [-0.2, 0) is 0 Å². The molecule has 3 heterocycles. The first-order valence-corrected chi connectivity index (χ1v) is 16.3. The summed E-state index contributed by atoms with van der Waals surface area (Å²) in [6.07, 6.45) is 0. The summed E-state index contributed by atoms with van der Waals surface area (Å²) in [4.78, 5) is 2.77. The van der Waals surface area contributed by atoms with Crippen molar-refractivity contribution in [2.45, 2.75) is 9.79 Å². The number of hydrogen-bond donors (Lipinski definition) is 0. The minimum absolute atomic E-state index is 1.29. The highest BCUT2D eigenvalue weighted by Crippen LogP contribution is 2.42. The lowest BCUT2D eigenvalue weighted by Gasteiger charge is -2.40. The molecule has 0 unspecified atom stereocenters. The number of aromatic nitrogens is 1. The SMILES string of the molecule is c1ccc([Si]2(c3ccccc3)c3ccccc3Sc3cc4c5cccc6c7ccccc7n(c4cc32)c65)cc1. The van der Waals surface area contributed by atoms with Crippen LogP contribution in [0.5, 0.6) is 0 Å². The standard InChI is InChI=1S/C36H23NSSi/c1-3-12-24(13-4-1)39(25-14-5-2-6-15-25)34-21-10-9-20-32(34)38-33-22-29-28-18-11-17-27-26-16-7-8-19-30(26)37(36(27)28)31(29)23-35(33)39/h1-23H. The lowest BCUT2D eigenvalue weighted by molar-refractivity contribution is 1.36. The zero-order valence-electron chi connectivity index (χ0n) is 21.1. The number of fused-ring (bicyclic) bond motifs is 8. The van der Waals surface area contributed by atoms with Crippen molar-refractivity contribution in [3.8, 4) is 0 Å². The molecule has 0 amide bonds. The molecule has 1 nitrogen and oxygen atoms in total. The van der Waals surface area contributed by atoms with Crippen LogP contribution in [0.4, 0.5) is 0 Å². The first-order valence-electron chi connectivity index (χ1n) is 13.5. The van der Waals surface area contributed by atoms with Crippen LogP contribution in [0.25, 0.3) is 38.1 Å². The lowest BCUT2D eigenvalue weighted by Crippen LogP contribution is -2.76. The Labute approximate surface area is 231 Å². The van der Waals surface area contributed by atoms with Gasteiger partial charge in [0.1, 0.15) is 0 Å². The van der Waals surface area contributed by atoms with Gasteiger partial charge in [-0.2, -0.15) is 0 Å². The van der Waals surface area contributed by atoms with E-state index in [2.05, 4.69) is 144 Å². The number of rotatable bonds is 2. The molecule has 0 saturated carbocycles. The van der Waals surface area contributed by atoms with Crippen molar-refractivity contribution in [1.29, 1.82) is 0 Å². The molecule has 0 aliphatic carbocycles. The number of para-hydroxylation sites is 2. The quantitative estimate of drug-likeness (QED) is 0.226. The molecule has 0 spiro atoms. The third-order valence-electron chi connectivity index (χ3n) is 8.65. The Kier molecular flexibility index (Phi) is 4.35. The molecule has 0 bridgehead atoms. The Morgan fingerprint density at radius 3 is 1.82 bits per heavy atom. The van der Waals surface area contributed by atoms with Crippen LogP contribution in [0, 0.1) is 0 Å². The largest absolute Gasteiger partial charge is 0.308 e.